The zero-order chi connectivity index (χ0) is 14.5. The third-order valence-electron chi connectivity index (χ3n) is 2.88. The fraction of sp³-hybridized carbons (Fsp3) is 0.308. The van der Waals surface area contributed by atoms with Crippen molar-refractivity contribution in [2.45, 2.75) is 19.4 Å². The summed E-state index contributed by atoms with van der Waals surface area (Å²) in [5.41, 5.74) is 0.731. The summed E-state index contributed by atoms with van der Waals surface area (Å²) < 4.78 is 5.06. The van der Waals surface area contributed by atoms with Crippen LogP contribution in [-0.4, -0.2) is 17.0 Å². The first-order valence-corrected chi connectivity index (χ1v) is 7.02. The Kier molecular flexibility index (Phi) is 4.52. The van der Waals surface area contributed by atoms with Gasteiger partial charge < -0.3 is 10.1 Å². The highest BCUT2D eigenvalue weighted by atomic mass is 32.1. The maximum absolute atomic E-state index is 10.9. The molecule has 1 aromatic carbocycles. The van der Waals surface area contributed by atoms with Gasteiger partial charge in [0, 0.05) is 29.4 Å². The second-order valence-electron chi connectivity index (χ2n) is 4.12. The average Bonchev–Trinajstić information content (AvgIpc) is 2.98. The first kappa shape index (κ1) is 14.3. The van der Waals surface area contributed by atoms with Crippen LogP contribution in [0.2, 0.25) is 0 Å². The van der Waals surface area contributed by atoms with E-state index in [1.54, 1.807) is 29.7 Å². The first-order chi connectivity index (χ1) is 9.65. The molecule has 0 amide bonds. The lowest BCUT2D eigenvalue weighted by Crippen LogP contribution is -2.09. The summed E-state index contributed by atoms with van der Waals surface area (Å²) >= 11 is 1.58. The van der Waals surface area contributed by atoms with E-state index in [9.17, 15) is 10.1 Å². The Bertz CT molecular complexity index is 587. The number of nitro groups is 1. The molecule has 2 rings (SSSR count). The van der Waals surface area contributed by atoms with E-state index >= 15 is 0 Å². The van der Waals surface area contributed by atoms with Crippen molar-refractivity contribution >= 4 is 22.7 Å². The summed E-state index contributed by atoms with van der Waals surface area (Å²) in [4.78, 5) is 14.7. The molecule has 0 spiro atoms. The molecule has 0 aliphatic heterocycles. The molecule has 7 heteroatoms. The van der Waals surface area contributed by atoms with Crippen molar-refractivity contribution in [2.75, 3.05) is 12.4 Å². The van der Waals surface area contributed by atoms with Crippen molar-refractivity contribution in [3.05, 3.63) is 44.9 Å². The quantitative estimate of drug-likeness (QED) is 0.650. The van der Waals surface area contributed by atoms with E-state index in [4.69, 9.17) is 4.74 Å². The summed E-state index contributed by atoms with van der Waals surface area (Å²) in [5.74, 6) is 0.244. The number of rotatable bonds is 6. The van der Waals surface area contributed by atoms with Crippen LogP contribution in [0, 0.1) is 10.1 Å². The number of anilines is 1. The molecular weight excluding hydrogens is 278 g/mol. The van der Waals surface area contributed by atoms with Gasteiger partial charge in [-0.2, -0.15) is 0 Å². The first-order valence-electron chi connectivity index (χ1n) is 6.14. The fourth-order valence-electron chi connectivity index (χ4n) is 1.86. The van der Waals surface area contributed by atoms with Gasteiger partial charge in [-0.3, -0.25) is 10.1 Å². The molecule has 1 atom stereocenters. The van der Waals surface area contributed by atoms with Crippen molar-refractivity contribution < 1.29 is 9.66 Å². The number of nitrogens with one attached hydrogen (secondary N) is 1. The number of ether oxygens (including phenoxy) is 1. The minimum atomic E-state index is -0.458. The number of methoxy groups -OCH3 is 1. The van der Waals surface area contributed by atoms with Gasteiger partial charge in [0.25, 0.3) is 0 Å². The molecule has 20 heavy (non-hydrogen) atoms. The summed E-state index contributed by atoms with van der Waals surface area (Å²) in [6, 6.07) is 4.84. The third-order valence-corrected chi connectivity index (χ3v) is 3.76. The molecule has 0 saturated carbocycles. The van der Waals surface area contributed by atoms with Gasteiger partial charge in [-0.1, -0.05) is 6.92 Å². The monoisotopic (exact) mass is 293 g/mol. The molecule has 0 bridgehead atoms. The third kappa shape index (κ3) is 3.05. The molecule has 106 valence electrons. The van der Waals surface area contributed by atoms with E-state index in [1.807, 2.05) is 5.38 Å². The van der Waals surface area contributed by atoms with Crippen LogP contribution in [-0.2, 0) is 0 Å². The molecule has 1 aromatic heterocycles. The van der Waals surface area contributed by atoms with Crippen LogP contribution in [0.4, 0.5) is 11.4 Å². The van der Waals surface area contributed by atoms with Crippen LogP contribution in [0.25, 0.3) is 0 Å². The van der Waals surface area contributed by atoms with Gasteiger partial charge in [-0.25, -0.2) is 4.98 Å². The van der Waals surface area contributed by atoms with Crippen molar-refractivity contribution in [3.8, 4) is 5.75 Å². The summed E-state index contributed by atoms with van der Waals surface area (Å²) in [6.45, 7) is 2.06. The molecule has 0 radical (unpaired) electrons. The number of aromatic nitrogens is 1. The Balaban J connectivity index is 2.23. The van der Waals surface area contributed by atoms with Gasteiger partial charge in [0.05, 0.1) is 18.1 Å². The minimum absolute atomic E-state index is 0.0413. The normalized spacial score (nSPS) is 11.9. The topological polar surface area (TPSA) is 77.3 Å². The van der Waals surface area contributed by atoms with Gasteiger partial charge >= 0.3 is 5.69 Å². The number of benzene rings is 1. The van der Waals surface area contributed by atoms with E-state index in [2.05, 4.69) is 17.2 Å². The zero-order valence-corrected chi connectivity index (χ0v) is 12.0. The molecular formula is C13H15N3O3S. The van der Waals surface area contributed by atoms with E-state index in [-0.39, 0.29) is 17.5 Å². The number of nitro benzene ring substituents is 1. The second-order valence-corrected chi connectivity index (χ2v) is 5.05. The zero-order valence-electron chi connectivity index (χ0n) is 11.2. The van der Waals surface area contributed by atoms with Gasteiger partial charge in [0.2, 0.25) is 0 Å². The predicted molar refractivity (Wildman–Crippen MR) is 78.4 cm³/mol. The Labute approximate surface area is 120 Å². The molecule has 0 fully saturated rings. The predicted octanol–water partition coefficient (Wildman–Crippen LogP) is 3.62. The molecule has 0 aliphatic rings. The van der Waals surface area contributed by atoms with Crippen LogP contribution in [0.15, 0.2) is 29.8 Å². The summed E-state index contributed by atoms with van der Waals surface area (Å²) in [5, 5.41) is 17.1. The van der Waals surface area contributed by atoms with Crippen molar-refractivity contribution in [1.82, 2.24) is 4.98 Å². The smallest absolute Gasteiger partial charge is 0.311 e. The molecule has 1 unspecified atom stereocenters. The van der Waals surface area contributed by atoms with Gasteiger partial charge in [0.15, 0.2) is 5.75 Å². The lowest BCUT2D eigenvalue weighted by molar-refractivity contribution is -0.385. The van der Waals surface area contributed by atoms with Gasteiger partial charge in [0.1, 0.15) is 5.01 Å². The molecule has 0 saturated heterocycles. The Morgan fingerprint density at radius 3 is 2.90 bits per heavy atom. The highest BCUT2D eigenvalue weighted by molar-refractivity contribution is 7.09. The standard InChI is InChI=1S/C13H15N3O3S/c1-3-10(13-14-6-7-20-13)15-9-4-5-11(16(17)18)12(8-9)19-2/h4-8,10,15H,3H2,1-2H3. The van der Waals surface area contributed by atoms with Gasteiger partial charge in [-0.05, 0) is 12.5 Å². The molecule has 6 nitrogen and oxygen atoms in total. The summed E-state index contributed by atoms with van der Waals surface area (Å²) in [6.07, 6.45) is 2.63. The molecule has 1 heterocycles. The lowest BCUT2D eigenvalue weighted by Gasteiger charge is -2.16. The van der Waals surface area contributed by atoms with Crippen LogP contribution in [0.5, 0.6) is 5.75 Å². The van der Waals surface area contributed by atoms with Gasteiger partial charge in [-0.15, -0.1) is 11.3 Å². The SMILES string of the molecule is CCC(Nc1ccc([N+](=O)[O-])c(OC)c1)c1nccs1. The van der Waals surface area contributed by atoms with Crippen molar-refractivity contribution in [1.29, 1.82) is 0 Å². The molecule has 1 N–H and O–H groups in total. The highest BCUT2D eigenvalue weighted by Gasteiger charge is 2.17. The van der Waals surface area contributed by atoms with Crippen LogP contribution in [0.3, 0.4) is 0 Å². The van der Waals surface area contributed by atoms with Crippen LogP contribution >= 0.6 is 11.3 Å². The van der Waals surface area contributed by atoms with Crippen molar-refractivity contribution in [3.63, 3.8) is 0 Å². The number of nitrogens with zero attached hydrogens (tertiary/aromatic N) is 2. The van der Waals surface area contributed by atoms with Crippen molar-refractivity contribution in [2.24, 2.45) is 0 Å². The average molecular weight is 293 g/mol. The largest absolute Gasteiger partial charge is 0.490 e. The van der Waals surface area contributed by atoms with E-state index in [0.717, 1.165) is 17.1 Å². The van der Waals surface area contributed by atoms with E-state index in [0.29, 0.717) is 0 Å². The maximum atomic E-state index is 10.9. The Hall–Kier alpha value is -2.15. The van der Waals surface area contributed by atoms with Crippen LogP contribution in [0.1, 0.15) is 24.4 Å². The second kappa shape index (κ2) is 6.33. The lowest BCUT2D eigenvalue weighted by atomic mass is 10.2. The molecule has 0 aliphatic carbocycles. The van der Waals surface area contributed by atoms with E-state index in [1.165, 1.54) is 13.2 Å². The number of hydrogen-bond acceptors (Lipinski definition) is 6. The number of hydrogen-bond donors (Lipinski definition) is 1. The van der Waals surface area contributed by atoms with Crippen LogP contribution < -0.4 is 10.1 Å². The maximum Gasteiger partial charge on any atom is 0.311 e. The Morgan fingerprint density at radius 2 is 2.35 bits per heavy atom. The highest BCUT2D eigenvalue weighted by Crippen LogP contribution is 2.32. The summed E-state index contributed by atoms with van der Waals surface area (Å²) in [7, 11) is 1.42. The molecule has 2 aromatic rings. The fourth-order valence-corrected chi connectivity index (χ4v) is 2.64. The number of thiazole rings is 1. The minimum Gasteiger partial charge on any atom is -0.490 e. The van der Waals surface area contributed by atoms with E-state index < -0.39 is 4.92 Å². The Morgan fingerprint density at radius 1 is 1.55 bits per heavy atom.